The predicted molar refractivity (Wildman–Crippen MR) is 134 cm³/mol. The molecule has 0 aromatic heterocycles. The largest absolute Gasteiger partial charge is 0.381 e. The van der Waals surface area contributed by atoms with Crippen molar-refractivity contribution in [3.63, 3.8) is 0 Å². The average Bonchev–Trinajstić information content (AvgIpc) is 3.27. The molecule has 0 spiro atoms. The minimum Gasteiger partial charge on any atom is -0.381 e. The van der Waals surface area contributed by atoms with Crippen molar-refractivity contribution in [2.24, 2.45) is 10.9 Å². The molecule has 3 rings (SSSR count). The van der Waals surface area contributed by atoms with Crippen LogP contribution in [0.2, 0.25) is 5.02 Å². The van der Waals surface area contributed by atoms with E-state index in [1.807, 2.05) is 0 Å². The van der Waals surface area contributed by atoms with E-state index in [2.05, 4.69) is 22.0 Å². The van der Waals surface area contributed by atoms with Crippen LogP contribution in [-0.2, 0) is 16.0 Å². The second-order valence-corrected chi connectivity index (χ2v) is 8.26. The van der Waals surface area contributed by atoms with Crippen LogP contribution in [0.25, 0.3) is 0 Å². The Bertz CT molecular complexity index is 663. The second kappa shape index (κ2) is 14.5. The van der Waals surface area contributed by atoms with Crippen molar-refractivity contribution in [3.05, 3.63) is 34.6 Å². The highest BCUT2D eigenvalue weighted by Gasteiger charge is 2.21. The number of nitrogens with one attached hydrogen (secondary N) is 1. The van der Waals surface area contributed by atoms with Gasteiger partial charge in [-0.05, 0) is 31.9 Å². The first-order valence-electron chi connectivity index (χ1n) is 11.0. The molecule has 1 atom stereocenters. The number of hydrogen-bond acceptors (Lipinski definition) is 4. The Hall–Kier alpha value is -0.680. The first kappa shape index (κ1) is 26.6. The molecule has 1 unspecified atom stereocenters. The van der Waals surface area contributed by atoms with Crippen LogP contribution in [0.15, 0.2) is 23.2 Å². The van der Waals surface area contributed by atoms with E-state index in [1.165, 1.54) is 6.07 Å². The highest BCUT2D eigenvalue weighted by Crippen LogP contribution is 2.21. The predicted octanol–water partition coefficient (Wildman–Crippen LogP) is 3.62. The third-order valence-electron chi connectivity index (χ3n) is 5.54. The summed E-state index contributed by atoms with van der Waals surface area (Å²) in [6.45, 7) is 10.8. The van der Waals surface area contributed by atoms with Crippen LogP contribution in [0.5, 0.6) is 0 Å². The molecular formula is C22H35ClFIN4O2. The molecule has 1 aromatic carbocycles. The number of ether oxygens (including phenoxy) is 2. The van der Waals surface area contributed by atoms with Gasteiger partial charge in [-0.2, -0.15) is 0 Å². The van der Waals surface area contributed by atoms with Gasteiger partial charge in [-0.3, -0.25) is 9.89 Å². The molecule has 2 heterocycles. The highest BCUT2D eigenvalue weighted by atomic mass is 127. The lowest BCUT2D eigenvalue weighted by Crippen LogP contribution is -2.52. The van der Waals surface area contributed by atoms with Crippen LogP contribution in [0.1, 0.15) is 25.3 Å². The smallest absolute Gasteiger partial charge is 0.194 e. The van der Waals surface area contributed by atoms with Gasteiger partial charge in [0.15, 0.2) is 5.96 Å². The fourth-order valence-electron chi connectivity index (χ4n) is 3.77. The van der Waals surface area contributed by atoms with Crippen molar-refractivity contribution < 1.29 is 13.9 Å². The maximum absolute atomic E-state index is 14.1. The van der Waals surface area contributed by atoms with Gasteiger partial charge in [-0.15, -0.1) is 24.0 Å². The molecule has 2 fully saturated rings. The average molecular weight is 569 g/mol. The van der Waals surface area contributed by atoms with Crippen molar-refractivity contribution in [2.75, 3.05) is 65.7 Å². The molecule has 31 heavy (non-hydrogen) atoms. The Kier molecular flexibility index (Phi) is 12.4. The summed E-state index contributed by atoms with van der Waals surface area (Å²) in [6, 6.07) is 4.86. The third-order valence-corrected chi connectivity index (χ3v) is 5.89. The minimum atomic E-state index is -0.234. The van der Waals surface area contributed by atoms with Crippen LogP contribution >= 0.6 is 35.6 Å². The van der Waals surface area contributed by atoms with E-state index in [0.29, 0.717) is 23.0 Å². The summed E-state index contributed by atoms with van der Waals surface area (Å²) < 4.78 is 25.2. The van der Waals surface area contributed by atoms with E-state index >= 15 is 0 Å². The lowest BCUT2D eigenvalue weighted by Gasteiger charge is -2.36. The summed E-state index contributed by atoms with van der Waals surface area (Å²) in [4.78, 5) is 9.29. The summed E-state index contributed by atoms with van der Waals surface area (Å²) in [5.74, 6) is 1.27. The molecule has 176 valence electrons. The zero-order chi connectivity index (χ0) is 21.2. The van der Waals surface area contributed by atoms with E-state index < -0.39 is 0 Å². The normalized spacial score (nSPS) is 20.0. The van der Waals surface area contributed by atoms with Crippen molar-refractivity contribution in [3.8, 4) is 0 Å². The number of guanidine groups is 1. The molecule has 0 bridgehead atoms. The third kappa shape index (κ3) is 8.64. The topological polar surface area (TPSA) is 49.3 Å². The zero-order valence-corrected chi connectivity index (χ0v) is 21.4. The van der Waals surface area contributed by atoms with Gasteiger partial charge >= 0.3 is 0 Å². The molecule has 0 radical (unpaired) electrons. The number of hydrogen-bond donors (Lipinski definition) is 1. The molecule has 2 aliphatic heterocycles. The van der Waals surface area contributed by atoms with Crippen LogP contribution in [-0.4, -0.2) is 81.5 Å². The molecule has 1 N–H and O–H groups in total. The summed E-state index contributed by atoms with van der Waals surface area (Å²) in [6.07, 6.45) is 2.02. The standard InChI is InChI=1S/C22H34ClFN4O2.HI/c1-2-25-22(26-8-4-13-29-16-18-7-14-30-17-18)28-11-9-27(10-12-28)15-19-20(23)5-3-6-21(19)24;/h3,5-6,18H,2,4,7-17H2,1H3,(H,25,26);1H. The Labute approximate surface area is 207 Å². The van der Waals surface area contributed by atoms with Gasteiger partial charge in [0.1, 0.15) is 5.82 Å². The fraction of sp³-hybridized carbons (Fsp3) is 0.682. The Morgan fingerprint density at radius 1 is 1.32 bits per heavy atom. The van der Waals surface area contributed by atoms with E-state index in [4.69, 9.17) is 26.1 Å². The van der Waals surface area contributed by atoms with Crippen LogP contribution in [0, 0.1) is 11.7 Å². The maximum atomic E-state index is 14.1. The van der Waals surface area contributed by atoms with Crippen LogP contribution in [0.3, 0.4) is 0 Å². The van der Waals surface area contributed by atoms with Gasteiger partial charge in [-0.1, -0.05) is 17.7 Å². The molecular weight excluding hydrogens is 534 g/mol. The molecule has 2 saturated heterocycles. The number of aliphatic imine (C=N–C) groups is 1. The van der Waals surface area contributed by atoms with Crippen molar-refractivity contribution in [1.82, 2.24) is 15.1 Å². The summed E-state index contributed by atoms with van der Waals surface area (Å²) in [5.41, 5.74) is 0.581. The lowest BCUT2D eigenvalue weighted by molar-refractivity contribution is 0.0892. The Morgan fingerprint density at radius 2 is 2.13 bits per heavy atom. The van der Waals surface area contributed by atoms with Gasteiger partial charge in [-0.25, -0.2) is 4.39 Å². The monoisotopic (exact) mass is 568 g/mol. The molecule has 0 amide bonds. The van der Waals surface area contributed by atoms with Crippen LogP contribution in [0.4, 0.5) is 4.39 Å². The molecule has 0 saturated carbocycles. The van der Waals surface area contributed by atoms with Crippen molar-refractivity contribution in [1.29, 1.82) is 0 Å². The number of piperazine rings is 1. The van der Waals surface area contributed by atoms with Gasteiger partial charge < -0.3 is 19.7 Å². The molecule has 9 heteroatoms. The second-order valence-electron chi connectivity index (χ2n) is 7.86. The number of benzene rings is 1. The lowest BCUT2D eigenvalue weighted by atomic mass is 10.1. The Balaban J connectivity index is 0.00000341. The molecule has 2 aliphatic rings. The summed E-state index contributed by atoms with van der Waals surface area (Å²) >= 11 is 6.18. The van der Waals surface area contributed by atoms with Crippen LogP contribution < -0.4 is 5.32 Å². The maximum Gasteiger partial charge on any atom is 0.194 e. The van der Waals surface area contributed by atoms with E-state index in [1.54, 1.807) is 12.1 Å². The fourth-order valence-corrected chi connectivity index (χ4v) is 3.99. The first-order chi connectivity index (χ1) is 14.7. The van der Waals surface area contributed by atoms with Crippen molar-refractivity contribution >= 4 is 41.5 Å². The minimum absolute atomic E-state index is 0. The summed E-state index contributed by atoms with van der Waals surface area (Å²) in [5, 5.41) is 3.89. The SMILES string of the molecule is CCNC(=NCCCOCC1CCOC1)N1CCN(Cc2c(F)cccc2Cl)CC1.I. The zero-order valence-electron chi connectivity index (χ0n) is 18.3. The quantitative estimate of drug-likeness (QED) is 0.213. The molecule has 0 aliphatic carbocycles. The Morgan fingerprint density at radius 3 is 2.81 bits per heavy atom. The summed E-state index contributed by atoms with van der Waals surface area (Å²) in [7, 11) is 0. The molecule has 1 aromatic rings. The van der Waals surface area contributed by atoms with E-state index in [9.17, 15) is 4.39 Å². The van der Waals surface area contributed by atoms with Crippen molar-refractivity contribution in [2.45, 2.75) is 26.3 Å². The first-order valence-corrected chi connectivity index (χ1v) is 11.4. The van der Waals surface area contributed by atoms with E-state index in [-0.39, 0.29) is 29.8 Å². The highest BCUT2D eigenvalue weighted by molar-refractivity contribution is 14.0. The number of halogens is 3. The number of nitrogens with zero attached hydrogens (tertiary/aromatic N) is 3. The molecule has 6 nitrogen and oxygen atoms in total. The van der Waals surface area contributed by atoms with Gasteiger partial charge in [0.2, 0.25) is 0 Å². The number of rotatable bonds is 9. The van der Waals surface area contributed by atoms with Gasteiger partial charge in [0.05, 0.1) is 13.2 Å². The van der Waals surface area contributed by atoms with Gasteiger partial charge in [0, 0.05) is 75.5 Å². The van der Waals surface area contributed by atoms with Gasteiger partial charge in [0.25, 0.3) is 0 Å². The van der Waals surface area contributed by atoms with E-state index in [0.717, 1.165) is 84.5 Å².